The molecular formula is C16H21N3O. The summed E-state index contributed by atoms with van der Waals surface area (Å²) in [5, 5.41) is 0. The number of hydrogen-bond acceptors (Lipinski definition) is 3. The molecule has 4 heteroatoms. The van der Waals surface area contributed by atoms with Gasteiger partial charge in [0.15, 0.2) is 0 Å². The molecule has 1 aliphatic carbocycles. The van der Waals surface area contributed by atoms with Crippen LogP contribution in [0, 0.1) is 0 Å². The maximum absolute atomic E-state index is 6.44. The van der Waals surface area contributed by atoms with Crippen molar-refractivity contribution in [1.82, 2.24) is 9.97 Å². The van der Waals surface area contributed by atoms with Gasteiger partial charge >= 0.3 is 0 Å². The molecule has 1 fully saturated rings. The number of rotatable bonds is 4. The van der Waals surface area contributed by atoms with Crippen LogP contribution in [0.25, 0.3) is 11.3 Å². The smallest absolute Gasteiger partial charge is 0.128 e. The number of nitrogens with one attached hydrogen (secondary N) is 1. The first kappa shape index (κ1) is 13.2. The van der Waals surface area contributed by atoms with Gasteiger partial charge in [0.25, 0.3) is 0 Å². The molecule has 0 atom stereocenters. The zero-order valence-corrected chi connectivity index (χ0v) is 11.9. The number of nitrogens with zero attached hydrogens (tertiary/aromatic N) is 1. The summed E-state index contributed by atoms with van der Waals surface area (Å²) in [5.41, 5.74) is 8.17. The lowest BCUT2D eigenvalue weighted by molar-refractivity contribution is 0.341. The van der Waals surface area contributed by atoms with Crippen molar-refractivity contribution in [2.24, 2.45) is 5.73 Å². The molecule has 0 radical (unpaired) electrons. The average Bonchev–Trinajstić information content (AvgIpc) is 3.09. The van der Waals surface area contributed by atoms with Crippen LogP contribution < -0.4 is 10.5 Å². The summed E-state index contributed by atoms with van der Waals surface area (Å²) in [4.78, 5) is 7.91. The summed E-state index contributed by atoms with van der Waals surface area (Å²) in [6.45, 7) is 2.64. The fourth-order valence-electron chi connectivity index (χ4n) is 2.92. The maximum Gasteiger partial charge on any atom is 0.128 e. The monoisotopic (exact) mass is 271 g/mol. The number of H-pyrrole nitrogens is 1. The van der Waals surface area contributed by atoms with Gasteiger partial charge in [0.2, 0.25) is 0 Å². The summed E-state index contributed by atoms with van der Waals surface area (Å²) in [6.07, 6.45) is 6.24. The fourth-order valence-corrected chi connectivity index (χ4v) is 2.92. The Labute approximate surface area is 119 Å². The van der Waals surface area contributed by atoms with Crippen LogP contribution in [0.1, 0.15) is 38.4 Å². The van der Waals surface area contributed by atoms with E-state index in [1.165, 1.54) is 12.8 Å². The summed E-state index contributed by atoms with van der Waals surface area (Å²) in [7, 11) is 0. The van der Waals surface area contributed by atoms with Gasteiger partial charge in [-0.1, -0.05) is 25.0 Å². The Morgan fingerprint density at radius 1 is 1.30 bits per heavy atom. The van der Waals surface area contributed by atoms with E-state index in [2.05, 4.69) is 9.97 Å². The zero-order chi connectivity index (χ0) is 14.0. The van der Waals surface area contributed by atoms with Gasteiger partial charge in [0, 0.05) is 5.56 Å². The quantitative estimate of drug-likeness (QED) is 0.897. The molecule has 0 aliphatic heterocycles. The van der Waals surface area contributed by atoms with E-state index in [1.54, 1.807) is 0 Å². The van der Waals surface area contributed by atoms with Crippen molar-refractivity contribution in [3.8, 4) is 17.0 Å². The molecule has 0 bridgehead atoms. The minimum absolute atomic E-state index is 0.279. The molecule has 0 saturated heterocycles. The lowest BCUT2D eigenvalue weighted by Gasteiger charge is -2.20. The molecule has 0 amide bonds. The summed E-state index contributed by atoms with van der Waals surface area (Å²) >= 11 is 0. The summed E-state index contributed by atoms with van der Waals surface area (Å²) in [5.74, 6) is 1.78. The predicted molar refractivity (Wildman–Crippen MR) is 79.5 cm³/mol. The number of para-hydroxylation sites is 1. The largest absolute Gasteiger partial charge is 0.493 e. The lowest BCUT2D eigenvalue weighted by atomic mass is 9.99. The van der Waals surface area contributed by atoms with Crippen LogP contribution in [0.15, 0.2) is 30.5 Å². The van der Waals surface area contributed by atoms with Crippen LogP contribution in [0.2, 0.25) is 0 Å². The van der Waals surface area contributed by atoms with Gasteiger partial charge in [-0.3, -0.25) is 0 Å². The minimum atomic E-state index is -0.279. The Balaban J connectivity index is 1.94. The standard InChI is InChI=1S/C16H21N3O/c1-2-20-14-8-4-3-7-12(14)13-11-18-15(19-13)16(17)9-5-6-10-16/h3-4,7-8,11H,2,5-6,9-10,17H2,1H3,(H,18,19). The second kappa shape index (κ2) is 5.29. The van der Waals surface area contributed by atoms with Crippen molar-refractivity contribution in [2.75, 3.05) is 6.61 Å². The lowest BCUT2D eigenvalue weighted by Crippen LogP contribution is -2.34. The van der Waals surface area contributed by atoms with Gasteiger partial charge in [-0.05, 0) is 31.9 Å². The zero-order valence-electron chi connectivity index (χ0n) is 11.9. The van der Waals surface area contributed by atoms with E-state index in [-0.39, 0.29) is 5.54 Å². The molecule has 0 spiro atoms. The SMILES string of the molecule is CCOc1ccccc1-c1cnc(C2(N)CCCC2)[nH]1. The highest BCUT2D eigenvalue weighted by Crippen LogP contribution is 2.36. The average molecular weight is 271 g/mol. The Bertz CT molecular complexity index is 585. The molecule has 1 aliphatic rings. The van der Waals surface area contributed by atoms with E-state index >= 15 is 0 Å². The van der Waals surface area contributed by atoms with E-state index in [1.807, 2.05) is 37.4 Å². The van der Waals surface area contributed by atoms with Crippen LogP contribution >= 0.6 is 0 Å². The van der Waals surface area contributed by atoms with Gasteiger partial charge in [0.1, 0.15) is 11.6 Å². The Hall–Kier alpha value is -1.81. The molecule has 1 saturated carbocycles. The van der Waals surface area contributed by atoms with Crippen molar-refractivity contribution in [2.45, 2.75) is 38.1 Å². The van der Waals surface area contributed by atoms with E-state index in [0.29, 0.717) is 6.61 Å². The maximum atomic E-state index is 6.44. The second-order valence-corrected chi connectivity index (χ2v) is 5.44. The van der Waals surface area contributed by atoms with Gasteiger partial charge < -0.3 is 15.5 Å². The Morgan fingerprint density at radius 2 is 2.05 bits per heavy atom. The van der Waals surface area contributed by atoms with E-state index in [4.69, 9.17) is 10.5 Å². The second-order valence-electron chi connectivity index (χ2n) is 5.44. The minimum Gasteiger partial charge on any atom is -0.493 e. The molecule has 2 aromatic rings. The van der Waals surface area contributed by atoms with Gasteiger partial charge in [-0.2, -0.15) is 0 Å². The number of hydrogen-bond donors (Lipinski definition) is 2. The van der Waals surface area contributed by atoms with Crippen LogP contribution in [0.4, 0.5) is 0 Å². The Kier molecular flexibility index (Phi) is 3.49. The van der Waals surface area contributed by atoms with Gasteiger partial charge in [0.05, 0.1) is 24.0 Å². The molecular weight excluding hydrogens is 250 g/mol. The van der Waals surface area contributed by atoms with Crippen molar-refractivity contribution in [3.05, 3.63) is 36.3 Å². The first-order chi connectivity index (χ1) is 9.73. The number of benzene rings is 1. The molecule has 0 unspecified atom stereocenters. The van der Waals surface area contributed by atoms with Crippen molar-refractivity contribution in [1.29, 1.82) is 0 Å². The predicted octanol–water partition coefficient (Wildman–Crippen LogP) is 3.20. The molecule has 1 heterocycles. The number of aromatic amines is 1. The highest BCUT2D eigenvalue weighted by Gasteiger charge is 2.34. The van der Waals surface area contributed by atoms with Crippen molar-refractivity contribution >= 4 is 0 Å². The Morgan fingerprint density at radius 3 is 2.80 bits per heavy atom. The van der Waals surface area contributed by atoms with Crippen LogP contribution in [-0.2, 0) is 5.54 Å². The molecule has 4 nitrogen and oxygen atoms in total. The highest BCUT2D eigenvalue weighted by atomic mass is 16.5. The third kappa shape index (κ3) is 2.31. The van der Waals surface area contributed by atoms with Crippen LogP contribution in [0.5, 0.6) is 5.75 Å². The highest BCUT2D eigenvalue weighted by molar-refractivity contribution is 5.66. The first-order valence-corrected chi connectivity index (χ1v) is 7.29. The number of imidazole rings is 1. The number of ether oxygens (including phenoxy) is 1. The van der Waals surface area contributed by atoms with Crippen LogP contribution in [0.3, 0.4) is 0 Å². The fraction of sp³-hybridized carbons (Fsp3) is 0.438. The number of aromatic nitrogens is 2. The summed E-state index contributed by atoms with van der Waals surface area (Å²) in [6, 6.07) is 8.01. The normalized spacial score (nSPS) is 17.3. The van der Waals surface area contributed by atoms with Crippen LogP contribution in [-0.4, -0.2) is 16.6 Å². The third-order valence-electron chi connectivity index (χ3n) is 4.02. The van der Waals surface area contributed by atoms with Gasteiger partial charge in [-0.15, -0.1) is 0 Å². The first-order valence-electron chi connectivity index (χ1n) is 7.29. The van der Waals surface area contributed by atoms with Crippen molar-refractivity contribution < 1.29 is 4.74 Å². The summed E-state index contributed by atoms with van der Waals surface area (Å²) < 4.78 is 5.67. The molecule has 1 aromatic heterocycles. The van der Waals surface area contributed by atoms with E-state index < -0.39 is 0 Å². The molecule has 20 heavy (non-hydrogen) atoms. The molecule has 3 rings (SSSR count). The van der Waals surface area contributed by atoms with E-state index in [9.17, 15) is 0 Å². The van der Waals surface area contributed by atoms with E-state index in [0.717, 1.165) is 35.7 Å². The number of nitrogens with two attached hydrogens (primary N) is 1. The topological polar surface area (TPSA) is 63.9 Å². The molecule has 1 aromatic carbocycles. The molecule has 3 N–H and O–H groups in total. The molecule has 106 valence electrons. The van der Waals surface area contributed by atoms with Gasteiger partial charge in [-0.25, -0.2) is 4.98 Å². The van der Waals surface area contributed by atoms with Crippen molar-refractivity contribution in [3.63, 3.8) is 0 Å². The third-order valence-corrected chi connectivity index (χ3v) is 4.02.